The molecule has 0 atom stereocenters. The van der Waals surface area contributed by atoms with Crippen molar-refractivity contribution in [3.8, 4) is 0 Å². The number of H-pyrrole nitrogens is 1. The molecule has 0 spiro atoms. The Morgan fingerprint density at radius 1 is 1.58 bits per heavy atom. The van der Waals surface area contributed by atoms with Crippen molar-refractivity contribution in [2.45, 2.75) is 12.8 Å². The zero-order valence-electron chi connectivity index (χ0n) is 6.42. The molecule has 61 valence electrons. The number of hydrogen-bond donors (Lipinski definition) is 1. The van der Waals surface area contributed by atoms with E-state index in [9.17, 15) is 4.79 Å². The third kappa shape index (κ3) is 0.922. The van der Waals surface area contributed by atoms with Crippen LogP contribution < -0.4 is 11.3 Å². The molecule has 0 unspecified atom stereocenters. The van der Waals surface area contributed by atoms with Crippen molar-refractivity contribution in [3.63, 3.8) is 0 Å². The highest BCUT2D eigenvalue weighted by Gasteiger charge is 2.12. The molecule has 0 saturated carbocycles. The van der Waals surface area contributed by atoms with E-state index >= 15 is 0 Å². The Morgan fingerprint density at radius 2 is 2.42 bits per heavy atom. The fourth-order valence-electron chi connectivity index (χ4n) is 1.36. The molecular weight excluding hydrogens is 154 g/mol. The Balaban J connectivity index is 2.75. The molecule has 1 heterocycles. The predicted octanol–water partition coefficient (Wildman–Crippen LogP) is 0.644. The first-order valence-electron chi connectivity index (χ1n) is 3.79. The summed E-state index contributed by atoms with van der Waals surface area (Å²) in [5, 5.41) is 5.87. The summed E-state index contributed by atoms with van der Waals surface area (Å²) in [4.78, 5) is 11.2. The molecule has 4 nitrogen and oxygen atoms in total. The molecule has 0 bridgehead atoms. The van der Waals surface area contributed by atoms with Gasteiger partial charge in [0.2, 0.25) is 0 Å². The van der Waals surface area contributed by atoms with Crippen LogP contribution in [-0.2, 0) is 6.42 Å². The molecule has 1 aliphatic carbocycles. The summed E-state index contributed by atoms with van der Waals surface area (Å²) in [6.07, 6.45) is 5.35. The first-order chi connectivity index (χ1) is 5.79. The number of allylic oxidation sites excluding steroid dienone is 1. The van der Waals surface area contributed by atoms with Gasteiger partial charge in [0.05, 0.1) is 0 Å². The van der Waals surface area contributed by atoms with Crippen LogP contribution in [0.2, 0.25) is 0 Å². The normalized spacial score (nSPS) is 14.3. The van der Waals surface area contributed by atoms with E-state index in [0.29, 0.717) is 11.1 Å². The first-order valence-corrected chi connectivity index (χ1v) is 3.79. The molecule has 0 saturated heterocycles. The second-order valence-electron chi connectivity index (χ2n) is 2.73. The largest absolute Gasteiger partial charge is 0.281 e. The molecule has 0 amide bonds. The molecule has 4 heteroatoms. The number of rotatable bonds is 0. The summed E-state index contributed by atoms with van der Waals surface area (Å²) < 4.78 is 0. The number of hydrogen-bond acceptors (Lipinski definition) is 2. The molecule has 1 radical (unpaired) electrons. The van der Waals surface area contributed by atoms with Crippen LogP contribution in [0.3, 0.4) is 0 Å². The Morgan fingerprint density at radius 3 is 3.17 bits per heavy atom. The van der Waals surface area contributed by atoms with Gasteiger partial charge in [-0.1, -0.05) is 12.2 Å². The number of aromatic nitrogens is 2. The van der Waals surface area contributed by atoms with Crippen molar-refractivity contribution >= 4 is 11.9 Å². The molecule has 1 aromatic heterocycles. The molecule has 2 rings (SSSR count). The zero-order valence-corrected chi connectivity index (χ0v) is 6.42. The smallest absolute Gasteiger partial charge is 0.268 e. The Labute approximate surface area is 69.1 Å². The lowest BCUT2D eigenvalue weighted by Gasteiger charge is -2.08. The summed E-state index contributed by atoms with van der Waals surface area (Å²) in [6.45, 7) is 0. The average molecular weight is 162 g/mol. The minimum atomic E-state index is -0.162. The molecule has 1 aromatic rings. The lowest BCUT2D eigenvalue weighted by atomic mass is 10.00. The maximum absolute atomic E-state index is 11.2. The summed E-state index contributed by atoms with van der Waals surface area (Å²) in [7, 11) is 0. The maximum Gasteiger partial charge on any atom is 0.268 e. The number of aromatic amines is 1. The van der Waals surface area contributed by atoms with Gasteiger partial charge in [-0.15, -0.1) is 0 Å². The van der Waals surface area contributed by atoms with Crippen LogP contribution in [-0.4, -0.2) is 10.2 Å². The predicted molar refractivity (Wildman–Crippen MR) is 45.0 cm³/mol. The van der Waals surface area contributed by atoms with Crippen molar-refractivity contribution in [2.75, 3.05) is 0 Å². The van der Waals surface area contributed by atoms with Crippen molar-refractivity contribution in [1.29, 1.82) is 0 Å². The van der Waals surface area contributed by atoms with Gasteiger partial charge < -0.3 is 0 Å². The standard InChI is InChI=1S/C8H8N3O/c9-7-5-3-1-2-4-6(5)8(12)11-10-7/h1,3,9H,2,4H2,(H,11,12). The van der Waals surface area contributed by atoms with Gasteiger partial charge in [-0.25, -0.2) is 5.10 Å². The summed E-state index contributed by atoms with van der Waals surface area (Å²) >= 11 is 0. The quantitative estimate of drug-likeness (QED) is 0.608. The van der Waals surface area contributed by atoms with Gasteiger partial charge in [0, 0.05) is 11.1 Å². The molecule has 0 fully saturated rings. The minimum Gasteiger partial charge on any atom is -0.281 e. The van der Waals surface area contributed by atoms with Crippen LogP contribution in [0.1, 0.15) is 17.5 Å². The van der Waals surface area contributed by atoms with Gasteiger partial charge in [-0.05, 0) is 12.8 Å². The summed E-state index contributed by atoms with van der Waals surface area (Å²) in [5.74, 6) is 0.153. The highest BCUT2D eigenvalue weighted by molar-refractivity contribution is 5.63. The van der Waals surface area contributed by atoms with Crippen LogP contribution in [0.25, 0.3) is 6.08 Å². The van der Waals surface area contributed by atoms with E-state index in [1.807, 2.05) is 6.08 Å². The van der Waals surface area contributed by atoms with Crippen molar-refractivity contribution in [3.05, 3.63) is 27.6 Å². The monoisotopic (exact) mass is 162 g/mol. The highest BCUT2D eigenvalue weighted by atomic mass is 16.1. The van der Waals surface area contributed by atoms with Crippen LogP contribution in [0, 0.1) is 0 Å². The van der Waals surface area contributed by atoms with E-state index in [-0.39, 0.29) is 11.4 Å². The maximum atomic E-state index is 11.2. The van der Waals surface area contributed by atoms with E-state index in [4.69, 9.17) is 5.73 Å². The van der Waals surface area contributed by atoms with Crippen LogP contribution >= 0.6 is 0 Å². The van der Waals surface area contributed by atoms with Crippen LogP contribution in [0.4, 0.5) is 5.82 Å². The molecule has 12 heavy (non-hydrogen) atoms. The second kappa shape index (κ2) is 2.48. The van der Waals surface area contributed by atoms with Gasteiger partial charge in [0.1, 0.15) is 0 Å². The van der Waals surface area contributed by atoms with E-state index in [1.165, 1.54) is 0 Å². The second-order valence-corrected chi connectivity index (χ2v) is 2.73. The third-order valence-corrected chi connectivity index (χ3v) is 1.97. The van der Waals surface area contributed by atoms with Gasteiger partial charge >= 0.3 is 0 Å². The third-order valence-electron chi connectivity index (χ3n) is 1.97. The molecule has 0 aromatic carbocycles. The number of fused-ring (bicyclic) bond motifs is 1. The Kier molecular flexibility index (Phi) is 1.46. The van der Waals surface area contributed by atoms with E-state index in [0.717, 1.165) is 12.8 Å². The lowest BCUT2D eigenvalue weighted by molar-refractivity contribution is 0.887. The highest BCUT2D eigenvalue weighted by Crippen LogP contribution is 2.19. The molecule has 2 N–H and O–H groups in total. The Hall–Kier alpha value is -1.58. The van der Waals surface area contributed by atoms with Gasteiger partial charge in [0.25, 0.3) is 5.56 Å². The first kappa shape index (κ1) is 7.09. The topological polar surface area (TPSA) is 69.5 Å². The van der Waals surface area contributed by atoms with E-state index in [2.05, 4.69) is 10.2 Å². The Bertz CT molecular complexity index is 392. The fourth-order valence-corrected chi connectivity index (χ4v) is 1.36. The van der Waals surface area contributed by atoms with Gasteiger partial charge in [-0.2, -0.15) is 5.10 Å². The lowest BCUT2D eigenvalue weighted by Crippen LogP contribution is -2.17. The van der Waals surface area contributed by atoms with E-state index < -0.39 is 0 Å². The molecule has 0 aliphatic heterocycles. The molecule has 1 aliphatic rings. The number of nitrogens with zero attached hydrogens (tertiary/aromatic N) is 1. The van der Waals surface area contributed by atoms with Crippen molar-refractivity contribution in [1.82, 2.24) is 15.9 Å². The van der Waals surface area contributed by atoms with Crippen LogP contribution in [0.5, 0.6) is 0 Å². The fraction of sp³-hybridized carbons (Fsp3) is 0.250. The van der Waals surface area contributed by atoms with Gasteiger partial charge in [-0.3, -0.25) is 10.5 Å². The zero-order chi connectivity index (χ0) is 8.55. The summed E-state index contributed by atoms with van der Waals surface area (Å²) in [6, 6.07) is 0. The SMILES string of the molecule is [NH]c1n[nH]c(=O)c2c1C=CCC2. The van der Waals surface area contributed by atoms with Crippen molar-refractivity contribution in [2.24, 2.45) is 0 Å². The van der Waals surface area contributed by atoms with Crippen molar-refractivity contribution < 1.29 is 0 Å². The van der Waals surface area contributed by atoms with Gasteiger partial charge in [0.15, 0.2) is 5.82 Å². The number of nitrogens with one attached hydrogen (secondary N) is 2. The average Bonchev–Trinajstić information content (AvgIpc) is 2.12. The minimum absolute atomic E-state index is 0.153. The van der Waals surface area contributed by atoms with Crippen LogP contribution in [0.15, 0.2) is 10.9 Å². The summed E-state index contributed by atoms with van der Waals surface area (Å²) in [5.41, 5.74) is 8.61. The molecular formula is C8H8N3O. The van der Waals surface area contributed by atoms with E-state index in [1.54, 1.807) is 6.08 Å².